The van der Waals surface area contributed by atoms with Gasteiger partial charge in [0.2, 0.25) is 0 Å². The number of hydrogen-bond acceptors (Lipinski definition) is 5. The van der Waals surface area contributed by atoms with Crippen LogP contribution >= 0.6 is 0 Å². The Bertz CT molecular complexity index is 1330. The molecule has 0 saturated heterocycles. The summed E-state index contributed by atoms with van der Waals surface area (Å²) in [5.74, 6) is 0.331. The molecule has 4 aromatic rings. The Kier molecular flexibility index (Phi) is 4.97. The lowest BCUT2D eigenvalue weighted by Gasteiger charge is -2.27. The maximum atomic E-state index is 13.5. The van der Waals surface area contributed by atoms with Crippen LogP contribution in [-0.4, -0.2) is 35.4 Å². The minimum Gasteiger partial charge on any atom is -0.504 e. The number of H-pyrrole nitrogens is 1. The molecule has 1 amide bonds. The molecule has 7 nitrogen and oxygen atoms in total. The fourth-order valence-corrected chi connectivity index (χ4v) is 4.16. The summed E-state index contributed by atoms with van der Waals surface area (Å²) in [4.78, 5) is 15.2. The first-order chi connectivity index (χ1) is 16.0. The van der Waals surface area contributed by atoms with E-state index in [0.717, 1.165) is 5.56 Å². The van der Waals surface area contributed by atoms with Crippen molar-refractivity contribution in [1.29, 1.82) is 0 Å². The number of nitrogens with one attached hydrogen (secondary N) is 1. The zero-order valence-electron chi connectivity index (χ0n) is 17.9. The minimum atomic E-state index is -0.561. The van der Waals surface area contributed by atoms with Gasteiger partial charge in [0.1, 0.15) is 17.3 Å². The maximum absolute atomic E-state index is 13.5. The van der Waals surface area contributed by atoms with Gasteiger partial charge in [-0.2, -0.15) is 5.10 Å². The van der Waals surface area contributed by atoms with Gasteiger partial charge in [-0.05, 0) is 66.2 Å². The molecule has 33 heavy (non-hydrogen) atoms. The van der Waals surface area contributed by atoms with Crippen LogP contribution in [0, 0.1) is 5.82 Å². The van der Waals surface area contributed by atoms with Crippen LogP contribution in [0.4, 0.5) is 10.1 Å². The van der Waals surface area contributed by atoms with Crippen molar-refractivity contribution in [2.24, 2.45) is 0 Å². The molecule has 1 aliphatic heterocycles. The molecule has 2 N–H and O–H groups in total. The monoisotopic (exact) mass is 445 g/mol. The summed E-state index contributed by atoms with van der Waals surface area (Å²) in [6, 6.07) is 17.5. The summed E-state index contributed by atoms with van der Waals surface area (Å²) < 4.78 is 24.1. The third-order valence-electron chi connectivity index (χ3n) is 5.76. The number of carbonyl (C=O) groups excluding carboxylic acids is 1. The number of nitrogens with zero attached hydrogens (tertiary/aromatic N) is 2. The number of phenols is 1. The van der Waals surface area contributed by atoms with E-state index >= 15 is 0 Å². The third kappa shape index (κ3) is 3.36. The Morgan fingerprint density at radius 1 is 1.00 bits per heavy atom. The molecule has 2 heterocycles. The van der Waals surface area contributed by atoms with Crippen LogP contribution in [0.25, 0.3) is 11.3 Å². The van der Waals surface area contributed by atoms with E-state index in [1.54, 1.807) is 60.5 Å². The van der Waals surface area contributed by atoms with Crippen molar-refractivity contribution in [3.05, 3.63) is 89.4 Å². The Hall–Kier alpha value is -4.33. The lowest BCUT2D eigenvalue weighted by Crippen LogP contribution is -2.29. The van der Waals surface area contributed by atoms with E-state index in [1.165, 1.54) is 25.3 Å². The van der Waals surface area contributed by atoms with E-state index in [4.69, 9.17) is 9.47 Å². The number of amides is 1. The molecule has 166 valence electrons. The van der Waals surface area contributed by atoms with E-state index in [1.807, 2.05) is 0 Å². The van der Waals surface area contributed by atoms with Crippen molar-refractivity contribution in [2.45, 2.75) is 6.04 Å². The number of fused-ring (bicyclic) bond motifs is 1. The predicted octanol–water partition coefficient (Wildman–Crippen LogP) is 4.69. The highest BCUT2D eigenvalue weighted by Gasteiger charge is 2.43. The van der Waals surface area contributed by atoms with Crippen molar-refractivity contribution in [3.8, 4) is 28.5 Å². The number of anilines is 1. The summed E-state index contributed by atoms with van der Waals surface area (Å²) in [6.45, 7) is 0. The fourth-order valence-electron chi connectivity index (χ4n) is 4.16. The molecule has 0 fully saturated rings. The molecule has 5 rings (SSSR count). The summed E-state index contributed by atoms with van der Waals surface area (Å²) >= 11 is 0. The molecule has 1 aromatic heterocycles. The second-order valence-corrected chi connectivity index (χ2v) is 7.57. The first-order valence-electron chi connectivity index (χ1n) is 10.2. The van der Waals surface area contributed by atoms with Crippen LogP contribution in [0.3, 0.4) is 0 Å². The summed E-state index contributed by atoms with van der Waals surface area (Å²) in [6.07, 6.45) is 0. The Morgan fingerprint density at radius 3 is 2.39 bits per heavy atom. The van der Waals surface area contributed by atoms with Crippen LogP contribution in [0.5, 0.6) is 17.2 Å². The first-order valence-corrected chi connectivity index (χ1v) is 10.2. The quantitative estimate of drug-likeness (QED) is 0.465. The van der Waals surface area contributed by atoms with Crippen LogP contribution in [0.2, 0.25) is 0 Å². The topological polar surface area (TPSA) is 87.7 Å². The molecule has 0 unspecified atom stereocenters. The van der Waals surface area contributed by atoms with Gasteiger partial charge in [0.25, 0.3) is 5.91 Å². The number of ether oxygens (including phenoxy) is 2. The average molecular weight is 445 g/mol. The number of rotatable bonds is 5. The molecule has 0 radical (unpaired) electrons. The normalized spacial score (nSPS) is 14.9. The molecule has 0 saturated carbocycles. The zero-order valence-corrected chi connectivity index (χ0v) is 17.9. The van der Waals surface area contributed by atoms with E-state index in [9.17, 15) is 14.3 Å². The number of benzene rings is 3. The van der Waals surface area contributed by atoms with Gasteiger partial charge in [-0.1, -0.05) is 6.07 Å². The van der Waals surface area contributed by atoms with Gasteiger partial charge in [-0.3, -0.25) is 14.8 Å². The number of aromatic hydroxyl groups is 1. The second kappa shape index (κ2) is 7.98. The van der Waals surface area contributed by atoms with E-state index in [-0.39, 0.29) is 23.2 Å². The molecular weight excluding hydrogens is 425 g/mol. The summed E-state index contributed by atoms with van der Waals surface area (Å²) in [5.41, 5.74) is 3.61. The summed E-state index contributed by atoms with van der Waals surface area (Å²) in [7, 11) is 3.04. The molecule has 0 aliphatic carbocycles. The highest BCUT2D eigenvalue weighted by molar-refractivity contribution is 6.11. The molecule has 0 bridgehead atoms. The van der Waals surface area contributed by atoms with Crippen LogP contribution in [0.15, 0.2) is 66.7 Å². The molecule has 3 aromatic carbocycles. The van der Waals surface area contributed by atoms with E-state index in [0.29, 0.717) is 34.0 Å². The summed E-state index contributed by atoms with van der Waals surface area (Å²) in [5, 5.41) is 17.4. The third-order valence-corrected chi connectivity index (χ3v) is 5.76. The zero-order chi connectivity index (χ0) is 23.1. The molecule has 0 spiro atoms. The molecule has 1 aliphatic rings. The SMILES string of the molecule is COc1ccc(N2C(=O)c3[nH]nc(-c4ccc(F)cc4)c3[C@H]2c2ccc(O)c(OC)c2)cc1. The molecular formula is C25H20FN3O4. The predicted molar refractivity (Wildman–Crippen MR) is 120 cm³/mol. The van der Waals surface area contributed by atoms with Crippen molar-refractivity contribution in [1.82, 2.24) is 10.2 Å². The number of methoxy groups -OCH3 is 2. The number of hydrogen-bond donors (Lipinski definition) is 2. The fraction of sp³-hybridized carbons (Fsp3) is 0.120. The number of aromatic nitrogens is 2. The highest BCUT2D eigenvalue weighted by Crippen LogP contribution is 2.46. The Balaban J connectivity index is 1.71. The Morgan fingerprint density at radius 2 is 1.73 bits per heavy atom. The second-order valence-electron chi connectivity index (χ2n) is 7.57. The standard InChI is InChI=1S/C25H20FN3O4/c1-32-18-10-8-17(9-11-18)29-24(15-5-12-19(30)20(13-15)33-2)21-22(27-28-23(21)25(29)31)14-3-6-16(26)7-4-14/h3-13,24,30H,1-2H3,(H,27,28)/t24-/m1/s1. The van der Waals surface area contributed by atoms with Gasteiger partial charge >= 0.3 is 0 Å². The molecule has 8 heteroatoms. The number of carbonyl (C=O) groups is 1. The lowest BCUT2D eigenvalue weighted by molar-refractivity contribution is 0.0988. The van der Waals surface area contributed by atoms with Gasteiger partial charge in [-0.25, -0.2) is 4.39 Å². The van der Waals surface area contributed by atoms with E-state index in [2.05, 4.69) is 10.2 Å². The van der Waals surface area contributed by atoms with Gasteiger partial charge in [0, 0.05) is 16.8 Å². The lowest BCUT2D eigenvalue weighted by atomic mass is 9.95. The van der Waals surface area contributed by atoms with Gasteiger partial charge in [-0.15, -0.1) is 0 Å². The first kappa shape index (κ1) is 20.6. The van der Waals surface area contributed by atoms with Gasteiger partial charge < -0.3 is 14.6 Å². The van der Waals surface area contributed by atoms with Crippen molar-refractivity contribution < 1.29 is 23.8 Å². The molecule has 1 atom stereocenters. The van der Waals surface area contributed by atoms with Crippen LogP contribution in [0.1, 0.15) is 27.7 Å². The minimum absolute atomic E-state index is 0.00672. The van der Waals surface area contributed by atoms with E-state index < -0.39 is 6.04 Å². The van der Waals surface area contributed by atoms with Gasteiger partial charge in [0.05, 0.1) is 26.0 Å². The number of aromatic amines is 1. The van der Waals surface area contributed by atoms with Crippen molar-refractivity contribution in [2.75, 3.05) is 19.1 Å². The maximum Gasteiger partial charge on any atom is 0.277 e. The Labute approximate surface area is 189 Å². The highest BCUT2D eigenvalue weighted by atomic mass is 19.1. The number of halogens is 1. The van der Waals surface area contributed by atoms with Crippen LogP contribution < -0.4 is 14.4 Å². The van der Waals surface area contributed by atoms with Gasteiger partial charge in [0.15, 0.2) is 11.5 Å². The largest absolute Gasteiger partial charge is 0.504 e. The van der Waals surface area contributed by atoms with Crippen molar-refractivity contribution in [3.63, 3.8) is 0 Å². The number of phenolic OH excluding ortho intramolecular Hbond substituents is 1. The average Bonchev–Trinajstić information content (AvgIpc) is 3.39. The van der Waals surface area contributed by atoms with Crippen molar-refractivity contribution >= 4 is 11.6 Å². The van der Waals surface area contributed by atoms with Crippen LogP contribution in [-0.2, 0) is 0 Å². The smallest absolute Gasteiger partial charge is 0.277 e.